The maximum Gasteiger partial charge on any atom is 0.225 e. The highest BCUT2D eigenvalue weighted by atomic mass is 19.1. The van der Waals surface area contributed by atoms with Crippen molar-refractivity contribution < 1.29 is 8.78 Å². The first kappa shape index (κ1) is 23.1. The predicted octanol–water partition coefficient (Wildman–Crippen LogP) is 4.07. The molecule has 0 saturated carbocycles. The zero-order valence-electron chi connectivity index (χ0n) is 20.3. The molecule has 0 aliphatic carbocycles. The molecule has 1 fully saturated rings. The number of tetrazole rings is 1. The van der Waals surface area contributed by atoms with Crippen molar-refractivity contribution in [2.75, 3.05) is 18.0 Å². The molecule has 1 saturated heterocycles. The Morgan fingerprint density at radius 2 is 1.78 bits per heavy atom. The van der Waals surface area contributed by atoms with Crippen molar-refractivity contribution in [3.05, 3.63) is 83.8 Å². The predicted molar refractivity (Wildman–Crippen MR) is 134 cm³/mol. The van der Waals surface area contributed by atoms with Crippen molar-refractivity contribution in [3.63, 3.8) is 0 Å². The minimum absolute atomic E-state index is 0.125. The van der Waals surface area contributed by atoms with E-state index in [4.69, 9.17) is 0 Å². The summed E-state index contributed by atoms with van der Waals surface area (Å²) < 4.78 is 33.2. The molecule has 0 N–H and O–H groups in total. The van der Waals surface area contributed by atoms with Gasteiger partial charge in [0, 0.05) is 49.3 Å². The monoisotopic (exact) mass is 501 g/mol. The minimum Gasteiger partial charge on any atom is -0.341 e. The molecule has 1 aromatic carbocycles. The molecule has 5 aromatic rings. The quantitative estimate of drug-likeness (QED) is 0.346. The summed E-state index contributed by atoms with van der Waals surface area (Å²) in [5, 5.41) is 11.7. The highest BCUT2D eigenvalue weighted by Gasteiger charge is 2.23. The number of hydrogen-bond acceptors (Lipinski definition) is 7. The molecule has 9 nitrogen and oxygen atoms in total. The minimum atomic E-state index is -0.440. The summed E-state index contributed by atoms with van der Waals surface area (Å²) >= 11 is 0. The second-order valence-electron chi connectivity index (χ2n) is 9.27. The first-order valence-electron chi connectivity index (χ1n) is 12.3. The maximum atomic E-state index is 15.1. The van der Waals surface area contributed by atoms with Gasteiger partial charge >= 0.3 is 0 Å². The van der Waals surface area contributed by atoms with Crippen molar-refractivity contribution in [1.82, 2.24) is 39.7 Å². The fourth-order valence-corrected chi connectivity index (χ4v) is 4.91. The lowest BCUT2D eigenvalue weighted by Crippen LogP contribution is -2.34. The largest absolute Gasteiger partial charge is 0.341 e. The second-order valence-corrected chi connectivity index (χ2v) is 9.27. The van der Waals surface area contributed by atoms with E-state index in [1.807, 2.05) is 12.4 Å². The van der Waals surface area contributed by atoms with E-state index >= 15 is 8.78 Å². The second kappa shape index (κ2) is 9.64. The molecule has 0 radical (unpaired) electrons. The molecule has 0 bridgehead atoms. The average Bonchev–Trinajstić information content (AvgIpc) is 3.61. The topological polar surface area (TPSA) is 90.4 Å². The third-order valence-electron chi connectivity index (χ3n) is 7.02. The van der Waals surface area contributed by atoms with E-state index in [1.165, 1.54) is 17.1 Å². The molecule has 11 heteroatoms. The van der Waals surface area contributed by atoms with Gasteiger partial charge in [0.15, 0.2) is 0 Å². The molecule has 0 spiro atoms. The molecule has 37 heavy (non-hydrogen) atoms. The lowest BCUT2D eigenvalue weighted by atomic mass is 9.90. The van der Waals surface area contributed by atoms with E-state index in [0.29, 0.717) is 16.6 Å². The van der Waals surface area contributed by atoms with Gasteiger partial charge in [-0.3, -0.25) is 4.98 Å². The van der Waals surface area contributed by atoms with Gasteiger partial charge in [-0.05, 0) is 64.9 Å². The van der Waals surface area contributed by atoms with E-state index in [1.54, 1.807) is 35.2 Å². The number of aromatic nitrogens is 8. The van der Waals surface area contributed by atoms with Crippen molar-refractivity contribution in [3.8, 4) is 5.69 Å². The van der Waals surface area contributed by atoms with Crippen LogP contribution in [0.4, 0.5) is 14.7 Å². The van der Waals surface area contributed by atoms with Gasteiger partial charge in [-0.25, -0.2) is 23.4 Å². The Morgan fingerprint density at radius 1 is 0.973 bits per heavy atom. The Kier molecular flexibility index (Phi) is 6.03. The van der Waals surface area contributed by atoms with E-state index in [0.717, 1.165) is 49.4 Å². The molecule has 6 rings (SSSR count). The molecule has 0 atom stereocenters. The molecular weight excluding hydrogens is 476 g/mol. The molecular formula is C26H25F2N9. The Labute approximate surface area is 211 Å². The highest BCUT2D eigenvalue weighted by molar-refractivity contribution is 5.83. The standard InChI is InChI=1S/C26H25F2N9/c1-2-17-12-30-26(31-13-17)35-6-3-18(4-7-35)20-10-22(27)24(29-14-20)15-36-8-5-19-9-21(11-23(28)25(19)36)37-16-32-33-34-37/h5,8-14,16,18H,2-4,6-7,15H2,1H3. The van der Waals surface area contributed by atoms with Crippen LogP contribution in [0.5, 0.6) is 0 Å². The lowest BCUT2D eigenvalue weighted by molar-refractivity contribution is 0.492. The van der Waals surface area contributed by atoms with E-state index in [-0.39, 0.29) is 24.0 Å². The van der Waals surface area contributed by atoms with Gasteiger partial charge in [0.1, 0.15) is 18.0 Å². The zero-order chi connectivity index (χ0) is 25.4. The van der Waals surface area contributed by atoms with Crippen LogP contribution in [-0.4, -0.2) is 52.8 Å². The molecule has 5 heterocycles. The van der Waals surface area contributed by atoms with Crippen LogP contribution < -0.4 is 4.90 Å². The van der Waals surface area contributed by atoms with Gasteiger partial charge in [0.05, 0.1) is 23.4 Å². The van der Waals surface area contributed by atoms with E-state index in [9.17, 15) is 0 Å². The van der Waals surface area contributed by atoms with Crippen LogP contribution in [0.2, 0.25) is 0 Å². The fourth-order valence-electron chi connectivity index (χ4n) is 4.91. The van der Waals surface area contributed by atoms with Crippen LogP contribution in [0.1, 0.15) is 42.5 Å². The first-order valence-corrected chi connectivity index (χ1v) is 12.3. The van der Waals surface area contributed by atoms with Crippen LogP contribution in [0.3, 0.4) is 0 Å². The maximum absolute atomic E-state index is 15.1. The number of halogens is 2. The van der Waals surface area contributed by atoms with E-state index in [2.05, 4.69) is 42.3 Å². The third-order valence-corrected chi connectivity index (χ3v) is 7.02. The number of nitrogens with zero attached hydrogens (tertiary/aromatic N) is 9. The summed E-state index contributed by atoms with van der Waals surface area (Å²) in [6, 6.07) is 6.50. The highest BCUT2D eigenvalue weighted by Crippen LogP contribution is 2.30. The Hall–Kier alpha value is -4.28. The number of aryl methyl sites for hydroxylation is 1. The average molecular weight is 502 g/mol. The van der Waals surface area contributed by atoms with Crippen LogP contribution >= 0.6 is 0 Å². The van der Waals surface area contributed by atoms with Crippen LogP contribution in [0.15, 0.2) is 55.4 Å². The van der Waals surface area contributed by atoms with Gasteiger partial charge in [-0.15, -0.1) is 5.10 Å². The smallest absolute Gasteiger partial charge is 0.225 e. The number of rotatable bonds is 6. The van der Waals surface area contributed by atoms with Gasteiger partial charge in [0.2, 0.25) is 5.95 Å². The molecule has 188 valence electrons. The molecule has 4 aromatic heterocycles. The Bertz CT molecular complexity index is 1520. The van der Waals surface area contributed by atoms with Crippen molar-refractivity contribution in [1.29, 1.82) is 0 Å². The summed E-state index contributed by atoms with van der Waals surface area (Å²) in [6.07, 6.45) is 11.3. The Morgan fingerprint density at radius 3 is 2.49 bits per heavy atom. The van der Waals surface area contributed by atoms with Gasteiger partial charge < -0.3 is 9.47 Å². The van der Waals surface area contributed by atoms with E-state index < -0.39 is 5.82 Å². The van der Waals surface area contributed by atoms with Crippen molar-refractivity contribution in [2.45, 2.75) is 38.6 Å². The SMILES string of the molecule is CCc1cnc(N2CCC(c3cnc(Cn4ccc5cc(-n6cnnn6)cc(F)c54)c(F)c3)CC2)nc1. The van der Waals surface area contributed by atoms with Gasteiger partial charge in [-0.2, -0.15) is 0 Å². The van der Waals surface area contributed by atoms with Crippen LogP contribution in [-0.2, 0) is 13.0 Å². The molecule has 1 aliphatic heterocycles. The van der Waals surface area contributed by atoms with Crippen molar-refractivity contribution in [2.24, 2.45) is 0 Å². The lowest BCUT2D eigenvalue weighted by Gasteiger charge is -2.32. The zero-order valence-corrected chi connectivity index (χ0v) is 20.3. The number of fused-ring (bicyclic) bond motifs is 1. The summed E-state index contributed by atoms with van der Waals surface area (Å²) in [4.78, 5) is 15.6. The molecule has 0 unspecified atom stereocenters. The summed E-state index contributed by atoms with van der Waals surface area (Å²) in [5.41, 5.74) is 3.16. The number of hydrogen-bond donors (Lipinski definition) is 0. The number of pyridine rings is 1. The van der Waals surface area contributed by atoms with Crippen LogP contribution in [0, 0.1) is 11.6 Å². The molecule has 0 amide bonds. The number of benzene rings is 1. The fraction of sp³-hybridized carbons (Fsp3) is 0.308. The van der Waals surface area contributed by atoms with Gasteiger partial charge in [-0.1, -0.05) is 6.92 Å². The Balaban J connectivity index is 1.16. The summed E-state index contributed by atoms with van der Waals surface area (Å²) in [7, 11) is 0. The van der Waals surface area contributed by atoms with Gasteiger partial charge in [0.25, 0.3) is 0 Å². The number of anilines is 1. The van der Waals surface area contributed by atoms with Crippen molar-refractivity contribution >= 4 is 16.9 Å². The molecule has 1 aliphatic rings. The third kappa shape index (κ3) is 4.52. The first-order chi connectivity index (χ1) is 18.1. The van der Waals surface area contributed by atoms with Crippen LogP contribution in [0.25, 0.3) is 16.6 Å². The normalized spacial score (nSPS) is 14.5. The summed E-state index contributed by atoms with van der Waals surface area (Å²) in [5.74, 6) is 0.138. The summed E-state index contributed by atoms with van der Waals surface area (Å²) in [6.45, 7) is 3.82. The number of piperidine rings is 1.